The summed E-state index contributed by atoms with van der Waals surface area (Å²) in [6.45, 7) is 5.89. The molecule has 3 nitrogen and oxygen atoms in total. The van der Waals surface area contributed by atoms with E-state index in [1.165, 1.54) is 5.56 Å². The van der Waals surface area contributed by atoms with Gasteiger partial charge in [0.2, 0.25) is 5.91 Å². The molecule has 0 fully saturated rings. The Labute approximate surface area is 103 Å². The molecule has 4 heteroatoms. The first-order valence-electron chi connectivity index (χ1n) is 5.18. The van der Waals surface area contributed by atoms with Gasteiger partial charge in [-0.05, 0) is 31.9 Å². The quantitative estimate of drug-likeness (QED) is 0.855. The number of amides is 1. The summed E-state index contributed by atoms with van der Waals surface area (Å²) in [6.07, 6.45) is 0.650. The third-order valence-electron chi connectivity index (χ3n) is 2.42. The highest BCUT2D eigenvalue weighted by Crippen LogP contribution is 2.16. The molecular formula is C12H19ClN2O. The van der Waals surface area contributed by atoms with Gasteiger partial charge >= 0.3 is 0 Å². The van der Waals surface area contributed by atoms with Crippen LogP contribution in [0.1, 0.15) is 24.5 Å². The van der Waals surface area contributed by atoms with Crippen molar-refractivity contribution in [2.45, 2.75) is 33.2 Å². The van der Waals surface area contributed by atoms with Crippen LogP contribution in [-0.2, 0) is 4.79 Å². The van der Waals surface area contributed by atoms with Crippen LogP contribution in [0.25, 0.3) is 0 Å². The average molecular weight is 243 g/mol. The van der Waals surface area contributed by atoms with Crippen LogP contribution in [-0.4, -0.2) is 11.9 Å². The molecule has 3 N–H and O–H groups in total. The number of nitrogens with one attached hydrogen (secondary N) is 1. The molecule has 1 rings (SSSR count). The zero-order valence-electron chi connectivity index (χ0n) is 9.91. The van der Waals surface area contributed by atoms with E-state index in [0.717, 1.165) is 11.3 Å². The molecule has 0 heterocycles. The fraction of sp³-hybridized carbons (Fsp3) is 0.417. The Morgan fingerprint density at radius 3 is 2.56 bits per heavy atom. The van der Waals surface area contributed by atoms with Crippen LogP contribution in [0.4, 0.5) is 5.69 Å². The number of rotatable bonds is 3. The van der Waals surface area contributed by atoms with Crippen molar-refractivity contribution in [1.29, 1.82) is 0 Å². The van der Waals surface area contributed by atoms with Crippen LogP contribution in [0.15, 0.2) is 18.2 Å². The summed E-state index contributed by atoms with van der Waals surface area (Å²) in [5, 5.41) is 2.82. The molecule has 0 saturated carbocycles. The van der Waals surface area contributed by atoms with Crippen molar-refractivity contribution >= 4 is 24.0 Å². The molecule has 0 aliphatic rings. The fourth-order valence-electron chi connectivity index (χ4n) is 1.36. The highest BCUT2D eigenvalue weighted by molar-refractivity contribution is 5.95. The predicted octanol–water partition coefficient (Wildman–Crippen LogP) is 2.40. The number of halogens is 1. The summed E-state index contributed by atoms with van der Waals surface area (Å²) < 4.78 is 0. The molecular weight excluding hydrogens is 224 g/mol. The molecule has 0 aromatic heterocycles. The van der Waals surface area contributed by atoms with Gasteiger partial charge in [-0.25, -0.2) is 0 Å². The smallest absolute Gasteiger partial charge is 0.241 e. The van der Waals surface area contributed by atoms with E-state index in [4.69, 9.17) is 5.73 Å². The van der Waals surface area contributed by atoms with Gasteiger partial charge in [-0.15, -0.1) is 12.4 Å². The number of nitrogens with two attached hydrogens (primary N) is 1. The number of hydrogen-bond donors (Lipinski definition) is 2. The summed E-state index contributed by atoms with van der Waals surface area (Å²) in [6, 6.07) is 5.49. The molecule has 0 radical (unpaired) electrons. The topological polar surface area (TPSA) is 55.1 Å². The second-order valence-corrected chi connectivity index (χ2v) is 3.82. The van der Waals surface area contributed by atoms with Gasteiger partial charge < -0.3 is 11.1 Å². The lowest BCUT2D eigenvalue weighted by Gasteiger charge is -2.12. The second-order valence-electron chi connectivity index (χ2n) is 3.82. The Kier molecular flexibility index (Phi) is 6.08. The van der Waals surface area contributed by atoms with Crippen molar-refractivity contribution in [2.75, 3.05) is 5.32 Å². The lowest BCUT2D eigenvalue weighted by Crippen LogP contribution is -2.34. The van der Waals surface area contributed by atoms with Crippen molar-refractivity contribution in [3.8, 4) is 0 Å². The molecule has 0 saturated heterocycles. The second kappa shape index (κ2) is 6.51. The first-order chi connectivity index (χ1) is 7.04. The van der Waals surface area contributed by atoms with Crippen molar-refractivity contribution < 1.29 is 4.79 Å². The summed E-state index contributed by atoms with van der Waals surface area (Å²) in [4.78, 5) is 11.5. The van der Waals surface area contributed by atoms with Gasteiger partial charge in [0.1, 0.15) is 0 Å². The number of hydrogen-bond acceptors (Lipinski definition) is 2. The van der Waals surface area contributed by atoms with Crippen LogP contribution < -0.4 is 11.1 Å². The first-order valence-corrected chi connectivity index (χ1v) is 5.18. The monoisotopic (exact) mass is 242 g/mol. The van der Waals surface area contributed by atoms with E-state index in [2.05, 4.69) is 5.32 Å². The summed E-state index contributed by atoms with van der Waals surface area (Å²) in [5.74, 6) is -0.121. The van der Waals surface area contributed by atoms with Crippen molar-refractivity contribution in [2.24, 2.45) is 5.73 Å². The normalized spacial score (nSPS) is 11.5. The van der Waals surface area contributed by atoms with Gasteiger partial charge in [0.15, 0.2) is 0 Å². The summed E-state index contributed by atoms with van der Waals surface area (Å²) in [5.41, 5.74) is 8.72. The Hall–Kier alpha value is -1.06. The molecule has 16 heavy (non-hydrogen) atoms. The van der Waals surface area contributed by atoms with Crippen LogP contribution in [0, 0.1) is 13.8 Å². The Balaban J connectivity index is 0.00000225. The zero-order chi connectivity index (χ0) is 11.4. The van der Waals surface area contributed by atoms with E-state index in [1.54, 1.807) is 0 Å². The van der Waals surface area contributed by atoms with E-state index in [0.29, 0.717) is 6.42 Å². The molecule has 1 aromatic rings. The lowest BCUT2D eigenvalue weighted by atomic mass is 10.1. The van der Waals surface area contributed by atoms with E-state index < -0.39 is 6.04 Å². The minimum absolute atomic E-state index is 0. The van der Waals surface area contributed by atoms with Crippen molar-refractivity contribution in [3.63, 3.8) is 0 Å². The third-order valence-corrected chi connectivity index (χ3v) is 2.42. The molecule has 90 valence electrons. The van der Waals surface area contributed by atoms with Crippen LogP contribution >= 0.6 is 12.4 Å². The van der Waals surface area contributed by atoms with Crippen LogP contribution in [0.2, 0.25) is 0 Å². The number of carbonyl (C=O) groups excluding carboxylic acids is 1. The van der Waals surface area contributed by atoms with Gasteiger partial charge in [0.05, 0.1) is 6.04 Å². The number of anilines is 1. The highest BCUT2D eigenvalue weighted by atomic mass is 35.5. The van der Waals surface area contributed by atoms with E-state index in [-0.39, 0.29) is 18.3 Å². The Morgan fingerprint density at radius 1 is 1.44 bits per heavy atom. The molecule has 1 aromatic carbocycles. The Morgan fingerprint density at radius 2 is 2.06 bits per heavy atom. The molecule has 0 aliphatic carbocycles. The Bertz CT molecular complexity index is 366. The maximum atomic E-state index is 11.5. The van der Waals surface area contributed by atoms with Crippen LogP contribution in [0.3, 0.4) is 0 Å². The predicted molar refractivity (Wildman–Crippen MR) is 70.1 cm³/mol. The van der Waals surface area contributed by atoms with E-state index >= 15 is 0 Å². The molecule has 0 bridgehead atoms. The van der Waals surface area contributed by atoms with Gasteiger partial charge in [-0.2, -0.15) is 0 Å². The molecule has 1 atom stereocenters. The molecule has 0 spiro atoms. The maximum absolute atomic E-state index is 11.5. The summed E-state index contributed by atoms with van der Waals surface area (Å²) in [7, 11) is 0. The molecule has 0 unspecified atom stereocenters. The fourth-order valence-corrected chi connectivity index (χ4v) is 1.36. The van der Waals surface area contributed by atoms with Crippen LogP contribution in [0.5, 0.6) is 0 Å². The van der Waals surface area contributed by atoms with E-state index in [9.17, 15) is 4.79 Å². The summed E-state index contributed by atoms with van der Waals surface area (Å²) >= 11 is 0. The highest BCUT2D eigenvalue weighted by Gasteiger charge is 2.11. The average Bonchev–Trinajstić information content (AvgIpc) is 2.20. The van der Waals surface area contributed by atoms with Gasteiger partial charge in [0.25, 0.3) is 0 Å². The maximum Gasteiger partial charge on any atom is 0.241 e. The largest absolute Gasteiger partial charge is 0.324 e. The van der Waals surface area contributed by atoms with Gasteiger partial charge in [-0.3, -0.25) is 4.79 Å². The first kappa shape index (κ1) is 14.9. The number of aryl methyl sites for hydroxylation is 2. The number of carbonyl (C=O) groups is 1. The van der Waals surface area contributed by atoms with Gasteiger partial charge in [-0.1, -0.05) is 24.6 Å². The van der Waals surface area contributed by atoms with E-state index in [1.807, 2.05) is 39.0 Å². The van der Waals surface area contributed by atoms with Crippen molar-refractivity contribution in [1.82, 2.24) is 0 Å². The van der Waals surface area contributed by atoms with Crippen molar-refractivity contribution in [3.05, 3.63) is 29.3 Å². The standard InChI is InChI=1S/C12H18N2O.ClH/c1-4-10(13)12(15)14-11-6-5-8(2)7-9(11)3;/h5-7,10H,4,13H2,1-3H3,(H,14,15);1H/t10-;/m0./s1. The van der Waals surface area contributed by atoms with Gasteiger partial charge in [0, 0.05) is 5.69 Å². The SMILES string of the molecule is CC[C@H](N)C(=O)Nc1ccc(C)cc1C.Cl. The number of benzene rings is 1. The third kappa shape index (κ3) is 3.83. The lowest BCUT2D eigenvalue weighted by molar-refractivity contribution is -0.117. The minimum Gasteiger partial charge on any atom is -0.324 e. The molecule has 0 aliphatic heterocycles. The molecule has 1 amide bonds. The zero-order valence-corrected chi connectivity index (χ0v) is 10.7. The minimum atomic E-state index is -0.425.